The van der Waals surface area contributed by atoms with Gasteiger partial charge in [0.1, 0.15) is 0 Å². The number of hydrogen-bond acceptors (Lipinski definition) is 3. The molecule has 0 aliphatic rings. The molecule has 0 bridgehead atoms. The van der Waals surface area contributed by atoms with E-state index in [9.17, 15) is 0 Å². The van der Waals surface area contributed by atoms with Gasteiger partial charge in [0, 0.05) is 6.61 Å². The van der Waals surface area contributed by atoms with Gasteiger partial charge in [0.2, 0.25) is 0 Å². The van der Waals surface area contributed by atoms with Gasteiger partial charge >= 0.3 is 0 Å². The van der Waals surface area contributed by atoms with E-state index in [0.717, 1.165) is 6.42 Å². The van der Waals surface area contributed by atoms with Crippen molar-refractivity contribution in [2.75, 3.05) is 6.61 Å². The van der Waals surface area contributed by atoms with E-state index in [1.165, 1.54) is 24.8 Å². The zero-order chi connectivity index (χ0) is 13.2. The summed E-state index contributed by atoms with van der Waals surface area (Å²) in [7, 11) is 0. The predicted octanol–water partition coefficient (Wildman–Crippen LogP) is 3.18. The van der Waals surface area contributed by atoms with E-state index < -0.39 is 0 Å². The Kier molecular flexibility index (Phi) is 7.65. The van der Waals surface area contributed by atoms with Crippen LogP contribution < -0.4 is 11.3 Å². The van der Waals surface area contributed by atoms with Crippen molar-refractivity contribution in [2.24, 2.45) is 5.84 Å². The van der Waals surface area contributed by atoms with E-state index in [2.05, 4.69) is 24.5 Å². The van der Waals surface area contributed by atoms with Crippen LogP contribution >= 0.6 is 0 Å². The molecule has 102 valence electrons. The summed E-state index contributed by atoms with van der Waals surface area (Å²) in [5.74, 6) is 5.69. The van der Waals surface area contributed by atoms with Gasteiger partial charge in [0.25, 0.3) is 0 Å². The first-order chi connectivity index (χ1) is 8.83. The lowest BCUT2D eigenvalue weighted by atomic mass is 9.97. The monoisotopic (exact) mass is 250 g/mol. The summed E-state index contributed by atoms with van der Waals surface area (Å²) < 4.78 is 5.87. The lowest BCUT2D eigenvalue weighted by Crippen LogP contribution is -2.40. The molecule has 0 spiro atoms. The molecule has 0 saturated carbocycles. The molecular weight excluding hydrogens is 224 g/mol. The number of unbranched alkanes of at least 4 members (excludes halogenated alkanes) is 2. The van der Waals surface area contributed by atoms with Crippen molar-refractivity contribution in [3.63, 3.8) is 0 Å². The molecule has 0 radical (unpaired) electrons. The highest BCUT2D eigenvalue weighted by molar-refractivity contribution is 5.19. The summed E-state index contributed by atoms with van der Waals surface area (Å²) >= 11 is 0. The van der Waals surface area contributed by atoms with Crippen LogP contribution in [0.25, 0.3) is 0 Å². The number of hydrazine groups is 1. The van der Waals surface area contributed by atoms with Crippen LogP contribution in [0.15, 0.2) is 30.3 Å². The van der Waals surface area contributed by atoms with Crippen LogP contribution in [0.1, 0.15) is 51.2 Å². The molecule has 0 aliphatic carbocycles. The van der Waals surface area contributed by atoms with Gasteiger partial charge in [-0.1, -0.05) is 56.5 Å². The standard InChI is InChI=1S/C15H26N2O/c1-3-5-7-12-14(17-16)15(18-4-2)13-10-8-6-9-11-13/h6,8-11,14-15,17H,3-5,7,12,16H2,1-2H3. The van der Waals surface area contributed by atoms with E-state index in [-0.39, 0.29) is 12.1 Å². The number of nitrogens with two attached hydrogens (primary N) is 1. The topological polar surface area (TPSA) is 47.3 Å². The summed E-state index contributed by atoms with van der Waals surface area (Å²) in [6.07, 6.45) is 4.73. The lowest BCUT2D eigenvalue weighted by Gasteiger charge is -2.27. The third-order valence-corrected chi connectivity index (χ3v) is 3.17. The zero-order valence-corrected chi connectivity index (χ0v) is 11.6. The first kappa shape index (κ1) is 15.2. The number of rotatable bonds is 9. The first-order valence-electron chi connectivity index (χ1n) is 6.96. The highest BCUT2D eigenvalue weighted by atomic mass is 16.5. The first-order valence-corrected chi connectivity index (χ1v) is 6.96. The third-order valence-electron chi connectivity index (χ3n) is 3.17. The molecule has 2 unspecified atom stereocenters. The Hall–Kier alpha value is -0.900. The number of benzene rings is 1. The molecule has 1 aromatic carbocycles. The fraction of sp³-hybridized carbons (Fsp3) is 0.600. The molecule has 2 atom stereocenters. The summed E-state index contributed by atoms with van der Waals surface area (Å²) in [6, 6.07) is 10.5. The highest BCUT2D eigenvalue weighted by Crippen LogP contribution is 2.24. The quantitative estimate of drug-likeness (QED) is 0.402. The Morgan fingerprint density at radius 1 is 1.17 bits per heavy atom. The average Bonchev–Trinajstić information content (AvgIpc) is 2.43. The molecule has 0 aromatic heterocycles. The minimum absolute atomic E-state index is 0.0399. The largest absolute Gasteiger partial charge is 0.372 e. The van der Waals surface area contributed by atoms with Crippen molar-refractivity contribution in [1.82, 2.24) is 5.43 Å². The fourth-order valence-electron chi connectivity index (χ4n) is 2.20. The van der Waals surface area contributed by atoms with Crippen LogP contribution in [0.5, 0.6) is 0 Å². The van der Waals surface area contributed by atoms with Crippen molar-refractivity contribution in [3.05, 3.63) is 35.9 Å². The summed E-state index contributed by atoms with van der Waals surface area (Å²) in [4.78, 5) is 0. The maximum absolute atomic E-state index is 5.87. The SMILES string of the molecule is CCCCCC(NN)C(OCC)c1ccccc1. The Morgan fingerprint density at radius 3 is 2.44 bits per heavy atom. The van der Waals surface area contributed by atoms with E-state index >= 15 is 0 Å². The number of ether oxygens (including phenoxy) is 1. The molecule has 0 aliphatic heterocycles. The highest BCUT2D eigenvalue weighted by Gasteiger charge is 2.21. The van der Waals surface area contributed by atoms with Crippen LogP contribution in [0.2, 0.25) is 0 Å². The van der Waals surface area contributed by atoms with Gasteiger partial charge < -0.3 is 4.74 Å². The van der Waals surface area contributed by atoms with Crippen molar-refractivity contribution < 1.29 is 4.74 Å². The molecule has 0 saturated heterocycles. The van der Waals surface area contributed by atoms with Gasteiger partial charge in [-0.15, -0.1) is 0 Å². The van der Waals surface area contributed by atoms with Crippen LogP contribution in [0, 0.1) is 0 Å². The van der Waals surface area contributed by atoms with E-state index in [1.54, 1.807) is 0 Å². The van der Waals surface area contributed by atoms with Gasteiger partial charge in [0.05, 0.1) is 12.1 Å². The van der Waals surface area contributed by atoms with E-state index in [1.807, 2.05) is 25.1 Å². The number of nitrogens with one attached hydrogen (secondary N) is 1. The smallest absolute Gasteiger partial charge is 0.0991 e. The molecule has 3 heteroatoms. The molecule has 18 heavy (non-hydrogen) atoms. The second-order valence-corrected chi connectivity index (χ2v) is 4.56. The van der Waals surface area contributed by atoms with Crippen molar-refractivity contribution in [2.45, 2.75) is 51.7 Å². The Balaban J connectivity index is 2.68. The average molecular weight is 250 g/mol. The Bertz CT molecular complexity index is 303. The summed E-state index contributed by atoms with van der Waals surface area (Å²) in [5.41, 5.74) is 4.11. The summed E-state index contributed by atoms with van der Waals surface area (Å²) in [5, 5.41) is 0. The van der Waals surface area contributed by atoms with Crippen LogP contribution in [0.3, 0.4) is 0 Å². The van der Waals surface area contributed by atoms with Crippen molar-refractivity contribution in [1.29, 1.82) is 0 Å². The van der Waals surface area contributed by atoms with Crippen LogP contribution in [0.4, 0.5) is 0 Å². The number of hydrogen-bond donors (Lipinski definition) is 2. The molecule has 0 amide bonds. The maximum Gasteiger partial charge on any atom is 0.0991 e. The molecule has 3 nitrogen and oxygen atoms in total. The molecule has 3 N–H and O–H groups in total. The minimum atomic E-state index is 0.0399. The normalized spacial score (nSPS) is 14.4. The minimum Gasteiger partial charge on any atom is -0.372 e. The van der Waals surface area contributed by atoms with Gasteiger partial charge in [-0.25, -0.2) is 0 Å². The second kappa shape index (κ2) is 9.09. The molecule has 0 fully saturated rings. The van der Waals surface area contributed by atoms with Gasteiger partial charge in [-0.2, -0.15) is 0 Å². The van der Waals surface area contributed by atoms with Gasteiger partial charge in [-0.05, 0) is 18.9 Å². The zero-order valence-electron chi connectivity index (χ0n) is 11.6. The molecular formula is C15H26N2O. The second-order valence-electron chi connectivity index (χ2n) is 4.56. The summed E-state index contributed by atoms with van der Waals surface area (Å²) in [6.45, 7) is 4.93. The van der Waals surface area contributed by atoms with Crippen LogP contribution in [-0.4, -0.2) is 12.6 Å². The van der Waals surface area contributed by atoms with E-state index in [4.69, 9.17) is 10.6 Å². The predicted molar refractivity (Wildman–Crippen MR) is 76.1 cm³/mol. The van der Waals surface area contributed by atoms with Gasteiger partial charge in [0.15, 0.2) is 0 Å². The lowest BCUT2D eigenvalue weighted by molar-refractivity contribution is 0.0302. The third kappa shape index (κ3) is 4.77. The molecule has 1 rings (SSSR count). The molecule has 1 aromatic rings. The molecule has 0 heterocycles. The van der Waals surface area contributed by atoms with Crippen LogP contribution in [-0.2, 0) is 4.74 Å². The Labute approximate surface area is 111 Å². The van der Waals surface area contributed by atoms with Gasteiger partial charge in [-0.3, -0.25) is 11.3 Å². The van der Waals surface area contributed by atoms with E-state index in [0.29, 0.717) is 6.61 Å². The van der Waals surface area contributed by atoms with Crippen molar-refractivity contribution in [3.8, 4) is 0 Å². The van der Waals surface area contributed by atoms with Crippen molar-refractivity contribution >= 4 is 0 Å². The maximum atomic E-state index is 5.87. The fourth-order valence-corrected chi connectivity index (χ4v) is 2.20. The Morgan fingerprint density at radius 2 is 1.89 bits per heavy atom.